The Kier molecular flexibility index (Phi) is 11.1. The van der Waals surface area contributed by atoms with E-state index in [0.717, 1.165) is 0 Å². The van der Waals surface area contributed by atoms with Crippen LogP contribution in [0.5, 0.6) is 0 Å². The number of aliphatic hydroxyl groups excluding tert-OH is 1. The monoisotopic (exact) mass is 483 g/mol. The van der Waals surface area contributed by atoms with Gasteiger partial charge >= 0.3 is 5.97 Å². The number of rotatable bonds is 14. The van der Waals surface area contributed by atoms with Crippen molar-refractivity contribution in [3.05, 3.63) is 18.2 Å². The highest BCUT2D eigenvalue weighted by Crippen LogP contribution is 2.06. The summed E-state index contributed by atoms with van der Waals surface area (Å²) in [6.07, 6.45) is 1.15. The Hall–Kier alpha value is -3.52. The lowest BCUT2D eigenvalue weighted by Gasteiger charge is -2.27. The van der Waals surface area contributed by atoms with E-state index >= 15 is 0 Å². The van der Waals surface area contributed by atoms with Crippen molar-refractivity contribution in [2.75, 3.05) is 0 Å². The lowest BCUT2D eigenvalue weighted by Crippen LogP contribution is -2.60. The van der Waals surface area contributed by atoms with Crippen LogP contribution in [-0.4, -0.2) is 80.1 Å². The van der Waals surface area contributed by atoms with E-state index in [2.05, 4.69) is 25.9 Å². The molecule has 0 aliphatic heterocycles. The number of carboxylic acids is 1. The lowest BCUT2D eigenvalue weighted by molar-refractivity contribution is -0.143. The Morgan fingerprint density at radius 3 is 2.12 bits per heavy atom. The van der Waals surface area contributed by atoms with Gasteiger partial charge in [-0.15, -0.1) is 0 Å². The number of carboxylic acid groups (broad SMARTS) is 1. The van der Waals surface area contributed by atoms with Gasteiger partial charge in [-0.2, -0.15) is 0 Å². The fourth-order valence-electron chi connectivity index (χ4n) is 2.95. The number of nitrogens with zero attached hydrogens (tertiary/aromatic N) is 1. The highest BCUT2D eigenvalue weighted by Gasteiger charge is 2.33. The molecule has 0 saturated heterocycles. The van der Waals surface area contributed by atoms with Gasteiger partial charge in [-0.3, -0.25) is 19.2 Å². The second-order valence-electron chi connectivity index (χ2n) is 8.25. The first-order chi connectivity index (χ1) is 15.8. The second-order valence-corrected chi connectivity index (χ2v) is 8.25. The number of aliphatic carboxylic acids is 1. The van der Waals surface area contributed by atoms with Gasteiger partial charge in [0.25, 0.3) is 0 Å². The molecule has 0 bridgehead atoms. The number of aromatic nitrogens is 2. The SMILES string of the molecule is CC(C)C(NC(=O)C(Cc1cnc[nH]1)NC(=O)C(NC(=O)C(N)CCC(N)=O)C(C)O)C(=O)O. The molecule has 5 atom stereocenters. The molecule has 5 unspecified atom stereocenters. The molecule has 0 fully saturated rings. The minimum Gasteiger partial charge on any atom is -0.480 e. The fraction of sp³-hybridized carbons (Fsp3) is 0.600. The number of aromatic amines is 1. The number of carbonyl (C=O) groups is 5. The molecular formula is C20H33N7O7. The number of primary amides is 1. The van der Waals surface area contributed by atoms with Crippen LogP contribution in [0.2, 0.25) is 0 Å². The van der Waals surface area contributed by atoms with E-state index in [9.17, 15) is 34.2 Å². The molecule has 1 heterocycles. The van der Waals surface area contributed by atoms with Crippen molar-refractivity contribution < 1.29 is 34.2 Å². The normalized spacial score (nSPS) is 15.5. The van der Waals surface area contributed by atoms with Gasteiger partial charge in [0.15, 0.2) is 0 Å². The third-order valence-corrected chi connectivity index (χ3v) is 4.94. The molecule has 14 nitrogen and oxygen atoms in total. The van der Waals surface area contributed by atoms with Gasteiger partial charge in [-0.05, 0) is 19.3 Å². The minimum absolute atomic E-state index is 0.0635. The van der Waals surface area contributed by atoms with Gasteiger partial charge < -0.3 is 42.6 Å². The number of hydrogen-bond donors (Lipinski definition) is 8. The molecule has 0 spiro atoms. The van der Waals surface area contributed by atoms with Crippen molar-refractivity contribution in [3.8, 4) is 0 Å². The number of carbonyl (C=O) groups excluding carboxylic acids is 4. The van der Waals surface area contributed by atoms with Gasteiger partial charge in [-0.25, -0.2) is 9.78 Å². The Labute approximate surface area is 196 Å². The van der Waals surface area contributed by atoms with Gasteiger partial charge in [0.1, 0.15) is 18.1 Å². The number of imidazole rings is 1. The van der Waals surface area contributed by atoms with Crippen LogP contribution in [0.25, 0.3) is 0 Å². The zero-order valence-electron chi connectivity index (χ0n) is 19.3. The third-order valence-electron chi connectivity index (χ3n) is 4.94. The van der Waals surface area contributed by atoms with Crippen LogP contribution in [0, 0.1) is 5.92 Å². The number of H-pyrrole nitrogens is 1. The van der Waals surface area contributed by atoms with Crippen molar-refractivity contribution in [3.63, 3.8) is 0 Å². The summed E-state index contributed by atoms with van der Waals surface area (Å²) < 4.78 is 0. The first-order valence-electron chi connectivity index (χ1n) is 10.7. The van der Waals surface area contributed by atoms with E-state index in [1.54, 1.807) is 13.8 Å². The maximum absolute atomic E-state index is 12.9. The number of nitrogens with one attached hydrogen (secondary N) is 4. The van der Waals surface area contributed by atoms with Crippen LogP contribution in [0.3, 0.4) is 0 Å². The maximum Gasteiger partial charge on any atom is 0.326 e. The fourth-order valence-corrected chi connectivity index (χ4v) is 2.95. The molecule has 1 aromatic rings. The average molecular weight is 484 g/mol. The zero-order chi connectivity index (χ0) is 26.0. The zero-order valence-corrected chi connectivity index (χ0v) is 19.3. The van der Waals surface area contributed by atoms with E-state index in [1.165, 1.54) is 19.4 Å². The lowest BCUT2D eigenvalue weighted by atomic mass is 10.0. The highest BCUT2D eigenvalue weighted by atomic mass is 16.4. The average Bonchev–Trinajstić information content (AvgIpc) is 3.25. The van der Waals surface area contributed by atoms with Gasteiger partial charge in [0.2, 0.25) is 23.6 Å². The van der Waals surface area contributed by atoms with Crippen molar-refractivity contribution in [1.29, 1.82) is 0 Å². The quantitative estimate of drug-likeness (QED) is 0.135. The first kappa shape index (κ1) is 28.5. The van der Waals surface area contributed by atoms with Gasteiger partial charge in [-0.1, -0.05) is 13.8 Å². The van der Waals surface area contributed by atoms with Crippen LogP contribution in [0.4, 0.5) is 0 Å². The van der Waals surface area contributed by atoms with E-state index in [1.807, 2.05) is 0 Å². The molecule has 14 heteroatoms. The van der Waals surface area contributed by atoms with Crippen molar-refractivity contribution >= 4 is 29.6 Å². The third kappa shape index (κ3) is 9.15. The molecule has 0 aliphatic rings. The predicted octanol–water partition coefficient (Wildman–Crippen LogP) is -2.88. The summed E-state index contributed by atoms with van der Waals surface area (Å²) in [5.74, 6) is -4.81. The van der Waals surface area contributed by atoms with Crippen LogP contribution >= 0.6 is 0 Å². The van der Waals surface area contributed by atoms with E-state index in [0.29, 0.717) is 5.69 Å². The number of aliphatic hydroxyl groups is 1. The summed E-state index contributed by atoms with van der Waals surface area (Å²) in [7, 11) is 0. The molecule has 1 aromatic heterocycles. The molecule has 4 amide bonds. The van der Waals surface area contributed by atoms with E-state index in [4.69, 9.17) is 11.5 Å². The Bertz CT molecular complexity index is 857. The minimum atomic E-state index is -1.48. The molecule has 0 saturated carbocycles. The van der Waals surface area contributed by atoms with Gasteiger partial charge in [0.05, 0.1) is 18.5 Å². The summed E-state index contributed by atoms with van der Waals surface area (Å²) in [5.41, 5.74) is 11.2. The Morgan fingerprint density at radius 2 is 1.65 bits per heavy atom. The van der Waals surface area contributed by atoms with E-state index in [-0.39, 0.29) is 19.3 Å². The summed E-state index contributed by atoms with van der Waals surface area (Å²) >= 11 is 0. The molecule has 0 aromatic carbocycles. The van der Waals surface area contributed by atoms with E-state index < -0.39 is 65.8 Å². The van der Waals surface area contributed by atoms with Crippen molar-refractivity contribution in [1.82, 2.24) is 25.9 Å². The summed E-state index contributed by atoms with van der Waals surface area (Å²) in [6.45, 7) is 4.48. The summed E-state index contributed by atoms with van der Waals surface area (Å²) in [5, 5.41) is 26.5. The standard InChI is InChI=1S/C20H33N7O7/c1-9(2)15(20(33)34)26-18(31)13(6-11-7-23-8-24-11)25-19(32)16(10(3)28)27-17(30)12(21)4-5-14(22)29/h7-10,12-13,15-16,28H,4-6,21H2,1-3H3,(H2,22,29)(H,23,24)(H,25,32)(H,26,31)(H,27,30)(H,33,34). The van der Waals surface area contributed by atoms with Crippen LogP contribution in [-0.2, 0) is 30.4 Å². The molecule has 190 valence electrons. The number of amides is 4. The molecule has 10 N–H and O–H groups in total. The number of hydrogen-bond acceptors (Lipinski definition) is 8. The van der Waals surface area contributed by atoms with Crippen molar-refractivity contribution in [2.24, 2.45) is 17.4 Å². The maximum atomic E-state index is 12.9. The second kappa shape index (κ2) is 13.3. The largest absolute Gasteiger partial charge is 0.480 e. The van der Waals surface area contributed by atoms with Gasteiger partial charge in [0, 0.05) is 24.7 Å². The Balaban J connectivity index is 3.00. The Morgan fingerprint density at radius 1 is 1.03 bits per heavy atom. The summed E-state index contributed by atoms with van der Waals surface area (Å²) in [6, 6.07) is -5.10. The predicted molar refractivity (Wildman–Crippen MR) is 119 cm³/mol. The molecule has 0 radical (unpaired) electrons. The molecule has 34 heavy (non-hydrogen) atoms. The topological polar surface area (TPSA) is 243 Å². The van der Waals surface area contributed by atoms with Crippen LogP contribution in [0.15, 0.2) is 12.5 Å². The molecular weight excluding hydrogens is 450 g/mol. The molecule has 0 aliphatic carbocycles. The highest BCUT2D eigenvalue weighted by molar-refractivity contribution is 5.94. The smallest absolute Gasteiger partial charge is 0.326 e. The molecule has 1 rings (SSSR count). The van der Waals surface area contributed by atoms with Crippen molar-refractivity contribution in [2.45, 2.75) is 70.3 Å². The summed E-state index contributed by atoms with van der Waals surface area (Å²) in [4.78, 5) is 67.0. The van der Waals surface area contributed by atoms with Crippen LogP contribution < -0.4 is 27.4 Å². The number of nitrogens with two attached hydrogens (primary N) is 2. The first-order valence-corrected chi connectivity index (χ1v) is 10.7. The van der Waals surface area contributed by atoms with Crippen LogP contribution in [0.1, 0.15) is 39.3 Å².